The molecule has 0 bridgehead atoms. The minimum atomic E-state index is 0.0352. The predicted molar refractivity (Wildman–Crippen MR) is 88.5 cm³/mol. The Hall–Kier alpha value is -1.92. The molecule has 1 fully saturated rings. The zero-order chi connectivity index (χ0) is 16.1. The fourth-order valence-corrected chi connectivity index (χ4v) is 2.87. The summed E-state index contributed by atoms with van der Waals surface area (Å²) in [5.74, 6) is 0.0352. The summed E-state index contributed by atoms with van der Waals surface area (Å²) in [4.78, 5) is 18.9. The number of aromatic nitrogens is 2. The Balaban J connectivity index is 1.42. The highest BCUT2D eigenvalue weighted by Gasteiger charge is 2.11. The van der Waals surface area contributed by atoms with Crippen molar-refractivity contribution in [1.82, 2.24) is 19.6 Å². The first-order valence-corrected chi connectivity index (χ1v) is 8.22. The van der Waals surface area contributed by atoms with E-state index in [0.717, 1.165) is 56.2 Å². The molecule has 0 aliphatic carbocycles. The Morgan fingerprint density at radius 2 is 2.22 bits per heavy atom. The summed E-state index contributed by atoms with van der Waals surface area (Å²) in [5, 5.41) is 2.98. The Bertz CT molecular complexity index is 662. The van der Waals surface area contributed by atoms with Crippen LogP contribution in [0.1, 0.15) is 17.7 Å². The molecule has 2 aromatic heterocycles. The van der Waals surface area contributed by atoms with Gasteiger partial charge < -0.3 is 14.5 Å². The summed E-state index contributed by atoms with van der Waals surface area (Å²) in [6, 6.07) is 4.01. The number of ether oxygens (including phenoxy) is 1. The number of morpholine rings is 1. The third-order valence-electron chi connectivity index (χ3n) is 4.15. The van der Waals surface area contributed by atoms with Gasteiger partial charge in [0.25, 0.3) is 0 Å². The number of hydrogen-bond donors (Lipinski definition) is 1. The quantitative estimate of drug-likeness (QED) is 0.809. The highest BCUT2D eigenvalue weighted by molar-refractivity contribution is 5.78. The second-order valence-electron chi connectivity index (χ2n) is 5.99. The molecule has 3 heterocycles. The lowest BCUT2D eigenvalue weighted by Crippen LogP contribution is -2.38. The first-order valence-electron chi connectivity index (χ1n) is 8.22. The van der Waals surface area contributed by atoms with Crippen LogP contribution in [0.4, 0.5) is 0 Å². The lowest BCUT2D eigenvalue weighted by Gasteiger charge is -2.26. The second kappa shape index (κ2) is 7.57. The number of hydrogen-bond acceptors (Lipinski definition) is 4. The van der Waals surface area contributed by atoms with Crippen LogP contribution in [0, 0.1) is 6.92 Å². The van der Waals surface area contributed by atoms with Crippen molar-refractivity contribution in [1.29, 1.82) is 0 Å². The molecule has 0 saturated carbocycles. The lowest BCUT2D eigenvalue weighted by atomic mass is 10.3. The van der Waals surface area contributed by atoms with Crippen LogP contribution in [-0.2, 0) is 16.0 Å². The van der Waals surface area contributed by atoms with Crippen LogP contribution in [0.15, 0.2) is 24.5 Å². The minimum Gasteiger partial charge on any atom is -0.379 e. The molecule has 0 radical (unpaired) electrons. The van der Waals surface area contributed by atoms with Gasteiger partial charge in [-0.25, -0.2) is 4.98 Å². The number of fused-ring (bicyclic) bond motifs is 1. The fraction of sp³-hybridized carbons (Fsp3) is 0.529. The SMILES string of the molecule is Cc1cccn2cc(CC(=O)NCCCN3CCOCC3)nc12. The number of imidazole rings is 1. The zero-order valence-electron chi connectivity index (χ0n) is 13.6. The Morgan fingerprint density at radius 1 is 1.39 bits per heavy atom. The molecule has 6 nitrogen and oxygen atoms in total. The molecule has 1 N–H and O–H groups in total. The summed E-state index contributed by atoms with van der Waals surface area (Å²) in [6.07, 6.45) is 5.18. The van der Waals surface area contributed by atoms with Gasteiger partial charge in [-0.1, -0.05) is 6.07 Å². The molecule has 0 unspecified atom stereocenters. The van der Waals surface area contributed by atoms with Crippen LogP contribution in [0.25, 0.3) is 5.65 Å². The molecular weight excluding hydrogens is 292 g/mol. The van der Waals surface area contributed by atoms with Crippen molar-refractivity contribution in [3.8, 4) is 0 Å². The molecule has 3 rings (SSSR count). The van der Waals surface area contributed by atoms with Gasteiger partial charge in [0, 0.05) is 32.0 Å². The monoisotopic (exact) mass is 316 g/mol. The van der Waals surface area contributed by atoms with E-state index in [0.29, 0.717) is 13.0 Å². The highest BCUT2D eigenvalue weighted by atomic mass is 16.5. The van der Waals surface area contributed by atoms with Crippen LogP contribution >= 0.6 is 0 Å². The number of nitrogens with one attached hydrogen (secondary N) is 1. The van der Waals surface area contributed by atoms with Crippen molar-refractivity contribution < 1.29 is 9.53 Å². The largest absolute Gasteiger partial charge is 0.379 e. The van der Waals surface area contributed by atoms with E-state index in [9.17, 15) is 4.79 Å². The maximum Gasteiger partial charge on any atom is 0.226 e. The molecule has 6 heteroatoms. The van der Waals surface area contributed by atoms with E-state index in [1.54, 1.807) is 0 Å². The summed E-state index contributed by atoms with van der Waals surface area (Å²) in [6.45, 7) is 7.38. The summed E-state index contributed by atoms with van der Waals surface area (Å²) >= 11 is 0. The lowest BCUT2D eigenvalue weighted by molar-refractivity contribution is -0.120. The molecule has 0 spiro atoms. The van der Waals surface area contributed by atoms with Crippen LogP contribution in [0.3, 0.4) is 0 Å². The standard InChI is InChI=1S/C17H24N4O2/c1-14-4-2-7-21-13-15(19-17(14)21)12-16(22)18-5-3-6-20-8-10-23-11-9-20/h2,4,7,13H,3,5-6,8-12H2,1H3,(H,18,22). The van der Waals surface area contributed by atoms with E-state index in [1.807, 2.05) is 35.9 Å². The molecule has 0 atom stereocenters. The number of amides is 1. The van der Waals surface area contributed by atoms with Gasteiger partial charge in [0.05, 0.1) is 25.3 Å². The molecule has 2 aromatic rings. The second-order valence-corrected chi connectivity index (χ2v) is 5.99. The average Bonchev–Trinajstić information content (AvgIpc) is 2.96. The van der Waals surface area contributed by atoms with Crippen molar-refractivity contribution in [2.75, 3.05) is 39.4 Å². The van der Waals surface area contributed by atoms with Gasteiger partial charge in [0.2, 0.25) is 5.91 Å². The van der Waals surface area contributed by atoms with Gasteiger partial charge in [-0.05, 0) is 31.5 Å². The minimum absolute atomic E-state index is 0.0352. The molecule has 124 valence electrons. The number of carbonyl (C=O) groups excluding carboxylic acids is 1. The van der Waals surface area contributed by atoms with Crippen molar-refractivity contribution in [2.45, 2.75) is 19.8 Å². The summed E-state index contributed by atoms with van der Waals surface area (Å²) in [7, 11) is 0. The Labute approximate surface area is 136 Å². The van der Waals surface area contributed by atoms with Crippen molar-refractivity contribution in [3.63, 3.8) is 0 Å². The maximum absolute atomic E-state index is 12.0. The normalized spacial score (nSPS) is 15.9. The number of aryl methyl sites for hydroxylation is 1. The van der Waals surface area contributed by atoms with Crippen molar-refractivity contribution >= 4 is 11.6 Å². The smallest absolute Gasteiger partial charge is 0.226 e. The molecule has 1 saturated heterocycles. The molecule has 0 aromatic carbocycles. The van der Waals surface area contributed by atoms with Gasteiger partial charge in [-0.15, -0.1) is 0 Å². The van der Waals surface area contributed by atoms with Crippen LogP contribution in [0.2, 0.25) is 0 Å². The number of rotatable bonds is 6. The van der Waals surface area contributed by atoms with Crippen molar-refractivity contribution in [3.05, 3.63) is 35.8 Å². The summed E-state index contributed by atoms with van der Waals surface area (Å²) < 4.78 is 7.29. The van der Waals surface area contributed by atoms with Crippen LogP contribution in [-0.4, -0.2) is 59.6 Å². The molecule has 1 amide bonds. The molecule has 1 aliphatic heterocycles. The zero-order valence-corrected chi connectivity index (χ0v) is 13.6. The van der Waals surface area contributed by atoms with E-state index in [-0.39, 0.29) is 5.91 Å². The maximum atomic E-state index is 12.0. The molecule has 1 aliphatic rings. The van der Waals surface area contributed by atoms with Gasteiger partial charge in [0.15, 0.2) is 0 Å². The number of pyridine rings is 1. The topological polar surface area (TPSA) is 58.9 Å². The third-order valence-corrected chi connectivity index (χ3v) is 4.15. The Kier molecular flexibility index (Phi) is 5.25. The third kappa shape index (κ3) is 4.30. The first-order chi connectivity index (χ1) is 11.2. The molecule has 23 heavy (non-hydrogen) atoms. The van der Waals surface area contributed by atoms with Crippen molar-refractivity contribution in [2.24, 2.45) is 0 Å². The van der Waals surface area contributed by atoms with Gasteiger partial charge in [-0.2, -0.15) is 0 Å². The Morgan fingerprint density at radius 3 is 3.00 bits per heavy atom. The van der Waals surface area contributed by atoms with E-state index in [2.05, 4.69) is 15.2 Å². The predicted octanol–water partition coefficient (Wildman–Crippen LogP) is 1.02. The van der Waals surface area contributed by atoms with E-state index < -0.39 is 0 Å². The number of nitrogens with zero attached hydrogens (tertiary/aromatic N) is 3. The average molecular weight is 316 g/mol. The van der Waals surface area contributed by atoms with E-state index >= 15 is 0 Å². The van der Waals surface area contributed by atoms with E-state index in [1.165, 1.54) is 0 Å². The van der Waals surface area contributed by atoms with Gasteiger partial charge in [0.1, 0.15) is 5.65 Å². The fourth-order valence-electron chi connectivity index (χ4n) is 2.87. The molecular formula is C17H24N4O2. The van der Waals surface area contributed by atoms with Crippen LogP contribution < -0.4 is 5.32 Å². The highest BCUT2D eigenvalue weighted by Crippen LogP contribution is 2.10. The van der Waals surface area contributed by atoms with Gasteiger partial charge in [-0.3, -0.25) is 9.69 Å². The number of carbonyl (C=O) groups is 1. The summed E-state index contributed by atoms with van der Waals surface area (Å²) in [5.41, 5.74) is 2.84. The first kappa shape index (κ1) is 16.0. The van der Waals surface area contributed by atoms with Crippen LogP contribution in [0.5, 0.6) is 0 Å². The van der Waals surface area contributed by atoms with E-state index in [4.69, 9.17) is 4.74 Å². The van der Waals surface area contributed by atoms with Gasteiger partial charge >= 0.3 is 0 Å².